The SMILES string of the molecule is CN1/C(=C\C2=C(O)C(=C\C3=[N+](C)c4ccc(NC(=O)OC(C)(C)C)cc4C3(C)C)/C2=O)C(C)(C)c2cc(NC(=O)OC(C)(C)C)ccc21. The van der Waals surface area contributed by atoms with E-state index in [2.05, 4.69) is 10.6 Å². The molecule has 0 aromatic heterocycles. The van der Waals surface area contributed by atoms with E-state index < -0.39 is 34.2 Å². The molecule has 1 aliphatic carbocycles. The Morgan fingerprint density at radius 1 is 0.833 bits per heavy atom. The van der Waals surface area contributed by atoms with Crippen LogP contribution in [0, 0.1) is 0 Å². The third-order valence-corrected chi connectivity index (χ3v) is 8.92. The van der Waals surface area contributed by atoms with Crippen molar-refractivity contribution in [2.45, 2.75) is 91.3 Å². The van der Waals surface area contributed by atoms with Crippen LogP contribution in [0.3, 0.4) is 0 Å². The van der Waals surface area contributed by atoms with Gasteiger partial charge in [0.05, 0.1) is 16.6 Å². The van der Waals surface area contributed by atoms with Gasteiger partial charge in [0.15, 0.2) is 5.71 Å². The second-order valence-electron chi connectivity index (χ2n) is 15.6. The zero-order valence-corrected chi connectivity index (χ0v) is 30.0. The Hall–Kier alpha value is -4.86. The van der Waals surface area contributed by atoms with E-state index in [-0.39, 0.29) is 22.7 Å². The number of aliphatic hydroxyl groups is 1. The minimum Gasteiger partial charge on any atom is -0.506 e. The van der Waals surface area contributed by atoms with E-state index in [9.17, 15) is 19.5 Å². The van der Waals surface area contributed by atoms with Crippen molar-refractivity contribution in [1.82, 2.24) is 0 Å². The molecule has 0 spiro atoms. The molecule has 2 aliphatic heterocycles. The standard InChI is InChI=1S/C38H46N4O6/c1-35(2,3)47-33(45)39-21-13-15-27-25(17-21)37(7,8)29(41(27)11)19-23-31(43)24(32(23)44)20-30-38(9,10)26-18-22(14-16-28(26)42(30)12)40-34(46)48-36(4,5)6/h13-20H,1-12H3,(H2-,39,40,43,44,45,46)/p+1. The van der Waals surface area contributed by atoms with Crippen LogP contribution in [0.5, 0.6) is 0 Å². The van der Waals surface area contributed by atoms with E-state index in [0.29, 0.717) is 11.4 Å². The normalized spacial score (nSPS) is 19.8. The minimum atomic E-state index is -0.621. The van der Waals surface area contributed by atoms with Crippen molar-refractivity contribution >= 4 is 46.4 Å². The highest BCUT2D eigenvalue weighted by Crippen LogP contribution is 2.49. The average Bonchev–Trinajstić information content (AvgIpc) is 3.24. The van der Waals surface area contributed by atoms with Crippen LogP contribution in [0.2, 0.25) is 0 Å². The summed E-state index contributed by atoms with van der Waals surface area (Å²) in [6.45, 7) is 19.0. The van der Waals surface area contributed by atoms with Crippen molar-refractivity contribution in [2.24, 2.45) is 0 Å². The number of carbonyl (C=O) groups is 3. The maximum atomic E-state index is 13.6. The van der Waals surface area contributed by atoms with Gasteiger partial charge in [0.1, 0.15) is 24.0 Å². The van der Waals surface area contributed by atoms with Gasteiger partial charge in [0, 0.05) is 52.9 Å². The third kappa shape index (κ3) is 6.23. The Balaban J connectivity index is 1.40. The number of nitrogens with one attached hydrogen (secondary N) is 2. The Kier molecular flexibility index (Phi) is 8.18. The fraction of sp³-hybridized carbons (Fsp3) is 0.421. The van der Waals surface area contributed by atoms with Crippen molar-refractivity contribution < 1.29 is 33.5 Å². The number of amides is 2. The molecule has 254 valence electrons. The molecule has 5 rings (SSSR count). The highest BCUT2D eigenvalue weighted by Gasteiger charge is 2.46. The largest absolute Gasteiger partial charge is 0.506 e. The fourth-order valence-corrected chi connectivity index (χ4v) is 6.57. The molecule has 0 saturated heterocycles. The van der Waals surface area contributed by atoms with E-state index in [4.69, 9.17) is 9.47 Å². The summed E-state index contributed by atoms with van der Waals surface area (Å²) < 4.78 is 12.8. The summed E-state index contributed by atoms with van der Waals surface area (Å²) in [5.74, 6) is -0.299. The molecule has 0 bridgehead atoms. The predicted octanol–water partition coefficient (Wildman–Crippen LogP) is 8.02. The molecule has 10 nitrogen and oxygen atoms in total. The van der Waals surface area contributed by atoms with Crippen molar-refractivity contribution in [1.29, 1.82) is 0 Å². The van der Waals surface area contributed by atoms with Crippen LogP contribution in [0.25, 0.3) is 0 Å². The van der Waals surface area contributed by atoms with Gasteiger partial charge in [-0.15, -0.1) is 0 Å². The molecule has 10 heteroatoms. The van der Waals surface area contributed by atoms with Crippen LogP contribution >= 0.6 is 0 Å². The van der Waals surface area contributed by atoms with Crippen molar-refractivity contribution in [3.8, 4) is 0 Å². The van der Waals surface area contributed by atoms with E-state index in [1.54, 1.807) is 12.2 Å². The Labute approximate surface area is 282 Å². The number of benzene rings is 2. The van der Waals surface area contributed by atoms with E-state index in [1.807, 2.05) is 129 Å². The molecule has 2 heterocycles. The number of ether oxygens (including phenoxy) is 2. The molecule has 0 atom stereocenters. The lowest BCUT2D eigenvalue weighted by atomic mass is 9.77. The number of likely N-dealkylation sites (N-methyl/N-ethyl adjacent to an activating group) is 1. The molecule has 48 heavy (non-hydrogen) atoms. The summed E-state index contributed by atoms with van der Waals surface area (Å²) >= 11 is 0. The first-order valence-corrected chi connectivity index (χ1v) is 16.1. The molecule has 2 amide bonds. The molecule has 0 fully saturated rings. The zero-order valence-electron chi connectivity index (χ0n) is 30.0. The minimum absolute atomic E-state index is 0.0557. The van der Waals surface area contributed by atoms with E-state index >= 15 is 0 Å². The number of allylic oxidation sites excluding steroid dienone is 5. The second kappa shape index (κ2) is 11.4. The highest BCUT2D eigenvalue weighted by atomic mass is 16.6. The summed E-state index contributed by atoms with van der Waals surface area (Å²) in [5.41, 5.74) is 4.88. The third-order valence-electron chi connectivity index (χ3n) is 8.92. The van der Waals surface area contributed by atoms with Crippen LogP contribution in [0.4, 0.5) is 32.3 Å². The lowest BCUT2D eigenvalue weighted by Gasteiger charge is -2.27. The Morgan fingerprint density at radius 3 is 1.88 bits per heavy atom. The lowest BCUT2D eigenvalue weighted by Crippen LogP contribution is -2.31. The van der Waals surface area contributed by atoms with Gasteiger partial charge in [-0.3, -0.25) is 15.4 Å². The summed E-state index contributed by atoms with van der Waals surface area (Å²) in [6.07, 6.45) is 2.44. The number of ketones is 1. The number of anilines is 3. The van der Waals surface area contributed by atoms with Crippen LogP contribution < -0.4 is 15.5 Å². The first-order valence-electron chi connectivity index (χ1n) is 16.1. The van der Waals surface area contributed by atoms with E-state index in [0.717, 1.165) is 33.9 Å². The molecule has 2 aromatic rings. The predicted molar refractivity (Wildman–Crippen MR) is 189 cm³/mol. The fourth-order valence-electron chi connectivity index (χ4n) is 6.57. The van der Waals surface area contributed by atoms with Gasteiger partial charge < -0.3 is 19.5 Å². The maximum Gasteiger partial charge on any atom is 0.412 e. The summed E-state index contributed by atoms with van der Waals surface area (Å²) in [6, 6.07) is 11.3. The second-order valence-corrected chi connectivity index (χ2v) is 15.6. The van der Waals surface area contributed by atoms with E-state index in [1.165, 1.54) is 0 Å². The molecular weight excluding hydrogens is 608 g/mol. The molecule has 0 radical (unpaired) electrons. The molecular formula is C38H47N4O6+. The van der Waals surface area contributed by atoms with Gasteiger partial charge in [-0.25, -0.2) is 9.59 Å². The van der Waals surface area contributed by atoms with Gasteiger partial charge >= 0.3 is 12.2 Å². The first-order chi connectivity index (χ1) is 22.0. The van der Waals surface area contributed by atoms with Gasteiger partial charge in [-0.2, -0.15) is 4.58 Å². The van der Waals surface area contributed by atoms with Gasteiger partial charge in [0.25, 0.3) is 0 Å². The summed E-state index contributed by atoms with van der Waals surface area (Å²) in [5, 5.41) is 16.9. The molecule has 3 N–H and O–H groups in total. The van der Waals surface area contributed by atoms with Crippen LogP contribution in [-0.2, 0) is 25.1 Å². The van der Waals surface area contributed by atoms with Gasteiger partial charge in [0.2, 0.25) is 11.5 Å². The number of hydrogen-bond acceptors (Lipinski definition) is 7. The Bertz CT molecular complexity index is 1880. The molecule has 0 saturated carbocycles. The molecule has 2 aromatic carbocycles. The smallest absolute Gasteiger partial charge is 0.412 e. The number of aliphatic hydroxyl groups excluding tert-OH is 1. The maximum absolute atomic E-state index is 13.6. The van der Waals surface area contributed by atoms with Gasteiger partial charge in [-0.1, -0.05) is 13.8 Å². The van der Waals surface area contributed by atoms with Crippen LogP contribution in [0.15, 0.2) is 71.2 Å². The molecule has 0 unspecified atom stereocenters. The van der Waals surface area contributed by atoms with Crippen molar-refractivity contribution in [3.05, 3.63) is 82.3 Å². The Morgan fingerprint density at radius 2 is 1.35 bits per heavy atom. The zero-order chi connectivity index (χ0) is 35.7. The number of Topliss-reactive ketones (excluding diaryl/α,β-unsaturated/α-hetero) is 1. The first kappa shape index (κ1) is 34.5. The quantitative estimate of drug-likeness (QED) is 0.225. The number of carbonyl (C=O) groups excluding carboxylic acids is 3. The van der Waals surface area contributed by atoms with Crippen molar-refractivity contribution in [2.75, 3.05) is 29.6 Å². The summed E-state index contributed by atoms with van der Waals surface area (Å²) in [4.78, 5) is 40.4. The summed E-state index contributed by atoms with van der Waals surface area (Å²) in [7, 11) is 3.85. The highest BCUT2D eigenvalue weighted by molar-refractivity contribution is 6.24. The number of rotatable bonds is 4. The van der Waals surface area contributed by atoms with Gasteiger partial charge in [-0.05, 0) is 97.4 Å². The lowest BCUT2D eigenvalue weighted by molar-refractivity contribution is -0.401. The number of nitrogens with zero attached hydrogens (tertiary/aromatic N) is 2. The number of fused-ring (bicyclic) bond motifs is 2. The topological polar surface area (TPSA) is 120 Å². The van der Waals surface area contributed by atoms with Crippen molar-refractivity contribution in [3.63, 3.8) is 0 Å². The molecule has 3 aliphatic rings. The number of hydrogen-bond donors (Lipinski definition) is 3. The average molecular weight is 656 g/mol. The monoisotopic (exact) mass is 655 g/mol. The van der Waals surface area contributed by atoms with Crippen LogP contribution in [0.1, 0.15) is 80.4 Å². The van der Waals surface area contributed by atoms with Crippen LogP contribution in [-0.4, -0.2) is 58.7 Å².